The lowest BCUT2D eigenvalue weighted by Crippen LogP contribution is -2.31. The summed E-state index contributed by atoms with van der Waals surface area (Å²) < 4.78 is 5.74. The topological polar surface area (TPSA) is 55.5 Å². The maximum Gasteiger partial charge on any atom is 0.123 e. The third-order valence-electron chi connectivity index (χ3n) is 2.76. The maximum atomic E-state index is 8.88. The molecule has 1 aliphatic heterocycles. The van der Waals surface area contributed by atoms with E-state index in [0.29, 0.717) is 6.42 Å². The monoisotopic (exact) mass is 207 g/mol. The number of hydrogen-bond donors (Lipinski definition) is 2. The van der Waals surface area contributed by atoms with E-state index in [1.165, 1.54) is 11.1 Å². The second-order valence-corrected chi connectivity index (χ2v) is 4.23. The summed E-state index contributed by atoms with van der Waals surface area (Å²) in [4.78, 5) is 0. The van der Waals surface area contributed by atoms with Crippen LogP contribution in [0.2, 0.25) is 0 Å². The number of aliphatic hydroxyl groups excluding tert-OH is 1. The van der Waals surface area contributed by atoms with Gasteiger partial charge in [-0.05, 0) is 18.6 Å². The molecule has 1 heterocycles. The smallest absolute Gasteiger partial charge is 0.123 e. The molecule has 0 aliphatic carbocycles. The average Bonchev–Trinajstić information content (AvgIpc) is 2.59. The number of aliphatic hydroxyl groups is 1. The fourth-order valence-electron chi connectivity index (χ4n) is 1.99. The zero-order valence-electron chi connectivity index (χ0n) is 8.94. The summed E-state index contributed by atoms with van der Waals surface area (Å²) in [6.45, 7) is 2.10. The van der Waals surface area contributed by atoms with Crippen molar-refractivity contribution in [1.29, 1.82) is 0 Å². The third kappa shape index (κ3) is 2.30. The summed E-state index contributed by atoms with van der Waals surface area (Å²) in [5.74, 6) is 0.968. The highest BCUT2D eigenvalue weighted by Gasteiger charge is 2.24. The summed E-state index contributed by atoms with van der Waals surface area (Å²) in [7, 11) is 0. The van der Waals surface area contributed by atoms with Crippen LogP contribution >= 0.6 is 0 Å². The lowest BCUT2D eigenvalue weighted by molar-refractivity contribution is 0.180. The fraction of sp³-hybridized carbons (Fsp3) is 0.500. The number of rotatable bonds is 3. The molecular weight excluding hydrogens is 190 g/mol. The molecule has 0 bridgehead atoms. The number of aryl methyl sites for hydroxylation is 1. The number of benzene rings is 1. The first-order valence-corrected chi connectivity index (χ1v) is 5.31. The van der Waals surface area contributed by atoms with Crippen molar-refractivity contribution in [3.63, 3.8) is 0 Å². The van der Waals surface area contributed by atoms with Gasteiger partial charge in [-0.15, -0.1) is 0 Å². The van der Waals surface area contributed by atoms with Gasteiger partial charge in [-0.2, -0.15) is 0 Å². The molecule has 1 aromatic carbocycles. The highest BCUT2D eigenvalue weighted by Crippen LogP contribution is 2.30. The Labute approximate surface area is 89.9 Å². The molecule has 0 spiro atoms. The molecule has 3 nitrogen and oxygen atoms in total. The highest BCUT2D eigenvalue weighted by molar-refractivity contribution is 5.40. The van der Waals surface area contributed by atoms with E-state index in [1.54, 1.807) is 0 Å². The number of ether oxygens (including phenoxy) is 1. The van der Waals surface area contributed by atoms with Crippen molar-refractivity contribution in [2.75, 3.05) is 6.61 Å². The molecule has 1 aliphatic rings. The zero-order valence-corrected chi connectivity index (χ0v) is 8.94. The maximum absolute atomic E-state index is 8.88. The van der Waals surface area contributed by atoms with Gasteiger partial charge >= 0.3 is 0 Å². The minimum Gasteiger partial charge on any atom is -0.490 e. The van der Waals surface area contributed by atoms with Crippen molar-refractivity contribution in [1.82, 2.24) is 0 Å². The normalized spacial score (nSPS) is 20.9. The standard InChI is InChI=1S/C12H17NO2/c1-8-2-3-12-9(4-8)5-11(15-12)6-10(13)7-14/h2-4,10-11,14H,5-7,13H2,1H3. The van der Waals surface area contributed by atoms with Crippen molar-refractivity contribution in [2.24, 2.45) is 5.73 Å². The van der Waals surface area contributed by atoms with Gasteiger partial charge < -0.3 is 15.6 Å². The van der Waals surface area contributed by atoms with Gasteiger partial charge in [-0.25, -0.2) is 0 Å². The molecule has 2 atom stereocenters. The highest BCUT2D eigenvalue weighted by atomic mass is 16.5. The van der Waals surface area contributed by atoms with Crippen LogP contribution in [0.4, 0.5) is 0 Å². The third-order valence-corrected chi connectivity index (χ3v) is 2.76. The lowest BCUT2D eigenvalue weighted by atomic mass is 10.0. The van der Waals surface area contributed by atoms with E-state index in [2.05, 4.69) is 13.0 Å². The van der Waals surface area contributed by atoms with E-state index < -0.39 is 0 Å². The van der Waals surface area contributed by atoms with Crippen molar-refractivity contribution < 1.29 is 9.84 Å². The Kier molecular flexibility index (Phi) is 2.93. The summed E-state index contributed by atoms with van der Waals surface area (Å²) in [5.41, 5.74) is 8.20. The molecule has 2 rings (SSSR count). The van der Waals surface area contributed by atoms with Gasteiger partial charge in [-0.3, -0.25) is 0 Å². The Morgan fingerprint density at radius 2 is 2.40 bits per heavy atom. The van der Waals surface area contributed by atoms with E-state index >= 15 is 0 Å². The molecule has 0 radical (unpaired) electrons. The van der Waals surface area contributed by atoms with Gasteiger partial charge in [-0.1, -0.05) is 17.7 Å². The van der Waals surface area contributed by atoms with Gasteiger partial charge in [0.25, 0.3) is 0 Å². The summed E-state index contributed by atoms with van der Waals surface area (Å²) in [6.07, 6.45) is 1.75. The number of nitrogens with two attached hydrogens (primary N) is 1. The van der Waals surface area contributed by atoms with Crippen LogP contribution in [-0.2, 0) is 6.42 Å². The predicted molar refractivity (Wildman–Crippen MR) is 59.0 cm³/mol. The van der Waals surface area contributed by atoms with Crippen LogP contribution in [0.25, 0.3) is 0 Å². The summed E-state index contributed by atoms with van der Waals surface area (Å²) in [6, 6.07) is 6.03. The molecule has 0 aromatic heterocycles. The molecule has 1 aromatic rings. The van der Waals surface area contributed by atoms with Gasteiger partial charge in [0.15, 0.2) is 0 Å². The van der Waals surface area contributed by atoms with Crippen LogP contribution in [0.3, 0.4) is 0 Å². The summed E-state index contributed by atoms with van der Waals surface area (Å²) in [5, 5.41) is 8.88. The van der Waals surface area contributed by atoms with Gasteiger partial charge in [0.05, 0.1) is 6.61 Å². The minimum absolute atomic E-state index is 0.0230. The molecule has 15 heavy (non-hydrogen) atoms. The first-order chi connectivity index (χ1) is 7.19. The molecule has 0 saturated carbocycles. The van der Waals surface area contributed by atoms with Gasteiger partial charge in [0.1, 0.15) is 11.9 Å². The molecule has 0 fully saturated rings. The molecule has 0 amide bonds. The number of hydrogen-bond acceptors (Lipinski definition) is 3. The zero-order chi connectivity index (χ0) is 10.8. The molecular formula is C12H17NO2. The van der Waals surface area contributed by atoms with Crippen molar-refractivity contribution in [3.05, 3.63) is 29.3 Å². The quantitative estimate of drug-likeness (QED) is 0.777. The van der Waals surface area contributed by atoms with Crippen LogP contribution in [-0.4, -0.2) is 23.9 Å². The Balaban J connectivity index is 2.03. The van der Waals surface area contributed by atoms with Crippen LogP contribution in [0.5, 0.6) is 5.75 Å². The Morgan fingerprint density at radius 3 is 3.13 bits per heavy atom. The second-order valence-electron chi connectivity index (χ2n) is 4.23. The van der Waals surface area contributed by atoms with Crippen molar-refractivity contribution in [2.45, 2.75) is 31.9 Å². The van der Waals surface area contributed by atoms with Crippen LogP contribution in [0.15, 0.2) is 18.2 Å². The fourth-order valence-corrected chi connectivity index (χ4v) is 1.99. The molecule has 3 heteroatoms. The second kappa shape index (κ2) is 4.21. The first-order valence-electron chi connectivity index (χ1n) is 5.31. The largest absolute Gasteiger partial charge is 0.490 e. The molecule has 82 valence electrons. The van der Waals surface area contributed by atoms with Crippen LogP contribution in [0.1, 0.15) is 17.5 Å². The average molecular weight is 207 g/mol. The Morgan fingerprint density at radius 1 is 1.60 bits per heavy atom. The molecule has 2 unspecified atom stereocenters. The predicted octanol–water partition coefficient (Wildman–Crippen LogP) is 1.01. The van der Waals surface area contributed by atoms with E-state index in [4.69, 9.17) is 15.6 Å². The van der Waals surface area contributed by atoms with Gasteiger partial charge in [0, 0.05) is 18.9 Å². The Bertz CT molecular complexity index is 351. The SMILES string of the molecule is Cc1ccc2c(c1)CC(CC(N)CO)O2. The summed E-state index contributed by atoms with van der Waals surface area (Å²) >= 11 is 0. The van der Waals surface area contributed by atoms with E-state index in [1.807, 2.05) is 12.1 Å². The Hall–Kier alpha value is -1.06. The minimum atomic E-state index is -0.176. The van der Waals surface area contributed by atoms with E-state index in [9.17, 15) is 0 Å². The molecule has 3 N–H and O–H groups in total. The molecule has 0 saturated heterocycles. The van der Waals surface area contributed by atoms with Gasteiger partial charge in [0.2, 0.25) is 0 Å². The van der Waals surface area contributed by atoms with Crippen molar-refractivity contribution >= 4 is 0 Å². The van der Waals surface area contributed by atoms with E-state index in [0.717, 1.165) is 12.2 Å². The van der Waals surface area contributed by atoms with Crippen molar-refractivity contribution in [3.8, 4) is 5.75 Å². The first kappa shape index (κ1) is 10.5. The number of fused-ring (bicyclic) bond motifs is 1. The van der Waals surface area contributed by atoms with E-state index in [-0.39, 0.29) is 18.8 Å². The van der Waals surface area contributed by atoms with Crippen LogP contribution < -0.4 is 10.5 Å². The lowest BCUT2D eigenvalue weighted by Gasteiger charge is -2.14. The van der Waals surface area contributed by atoms with Crippen LogP contribution in [0, 0.1) is 6.92 Å².